The van der Waals surface area contributed by atoms with Crippen molar-refractivity contribution in [1.82, 2.24) is 19.6 Å². The molecule has 0 fully saturated rings. The predicted molar refractivity (Wildman–Crippen MR) is 67.1 cm³/mol. The molecule has 19 heavy (non-hydrogen) atoms. The number of rotatable bonds is 1. The third kappa shape index (κ3) is 1.62. The Hall–Kier alpha value is -2.88. The van der Waals surface area contributed by atoms with Crippen LogP contribution in [0.4, 0.5) is 5.82 Å². The van der Waals surface area contributed by atoms with E-state index in [1.165, 1.54) is 4.52 Å². The molecule has 0 atom stereocenters. The molecular formula is C12H10N6O. The van der Waals surface area contributed by atoms with Crippen molar-refractivity contribution in [3.63, 3.8) is 0 Å². The molecule has 7 nitrogen and oxygen atoms in total. The average Bonchev–Trinajstić information content (AvgIpc) is 2.94. The molecule has 7 heteroatoms. The van der Waals surface area contributed by atoms with E-state index in [9.17, 15) is 0 Å². The van der Waals surface area contributed by atoms with E-state index in [4.69, 9.17) is 15.4 Å². The summed E-state index contributed by atoms with van der Waals surface area (Å²) in [6.07, 6.45) is 0. The first-order chi connectivity index (χ1) is 9.10. The Balaban J connectivity index is 2.41. The van der Waals surface area contributed by atoms with Gasteiger partial charge in [-0.15, -0.1) is 5.10 Å². The number of aromatic nitrogens is 4. The molecule has 0 unspecified atom stereocenters. The maximum absolute atomic E-state index is 9.12. The molecule has 0 aliphatic carbocycles. The van der Waals surface area contributed by atoms with Gasteiger partial charge in [-0.05, 0) is 26.0 Å². The summed E-state index contributed by atoms with van der Waals surface area (Å²) < 4.78 is 7.00. The second-order valence-corrected chi connectivity index (χ2v) is 4.11. The first-order valence-corrected chi connectivity index (χ1v) is 5.60. The third-order valence-corrected chi connectivity index (χ3v) is 2.69. The lowest BCUT2D eigenvalue weighted by Gasteiger charge is -2.03. The molecule has 0 amide bonds. The number of fused-ring (bicyclic) bond motifs is 1. The zero-order valence-corrected chi connectivity index (χ0v) is 10.4. The van der Waals surface area contributed by atoms with Crippen LogP contribution in [0.25, 0.3) is 17.2 Å². The molecule has 0 radical (unpaired) electrons. The van der Waals surface area contributed by atoms with Gasteiger partial charge in [0, 0.05) is 0 Å². The van der Waals surface area contributed by atoms with Crippen molar-refractivity contribution in [2.45, 2.75) is 13.8 Å². The highest BCUT2D eigenvalue weighted by Gasteiger charge is 2.18. The smallest absolute Gasteiger partial charge is 0.201 e. The van der Waals surface area contributed by atoms with Gasteiger partial charge in [0.05, 0.1) is 0 Å². The monoisotopic (exact) mass is 254 g/mol. The summed E-state index contributed by atoms with van der Waals surface area (Å²) in [5.41, 5.74) is 6.40. The normalized spacial score (nSPS) is 10.8. The molecule has 0 spiro atoms. The van der Waals surface area contributed by atoms with Crippen LogP contribution in [-0.2, 0) is 0 Å². The molecule has 3 rings (SSSR count). The van der Waals surface area contributed by atoms with Crippen LogP contribution in [0, 0.1) is 25.2 Å². The average molecular weight is 254 g/mol. The molecule has 0 saturated carbocycles. The molecule has 0 saturated heterocycles. The van der Waals surface area contributed by atoms with Crippen LogP contribution in [0.3, 0.4) is 0 Å². The summed E-state index contributed by atoms with van der Waals surface area (Å²) in [5.74, 6) is 2.37. The summed E-state index contributed by atoms with van der Waals surface area (Å²) >= 11 is 0. The Morgan fingerprint density at radius 1 is 1.32 bits per heavy atom. The van der Waals surface area contributed by atoms with Gasteiger partial charge in [0.15, 0.2) is 11.4 Å². The zero-order valence-electron chi connectivity index (χ0n) is 10.4. The molecule has 0 aromatic carbocycles. The fourth-order valence-electron chi connectivity index (χ4n) is 1.88. The summed E-state index contributed by atoms with van der Waals surface area (Å²) in [6.45, 7) is 3.57. The quantitative estimate of drug-likeness (QED) is 0.704. The van der Waals surface area contributed by atoms with Crippen LogP contribution < -0.4 is 5.73 Å². The zero-order chi connectivity index (χ0) is 13.6. The Morgan fingerprint density at radius 3 is 2.74 bits per heavy atom. The minimum absolute atomic E-state index is 0.117. The lowest BCUT2D eigenvalue weighted by atomic mass is 10.3. The van der Waals surface area contributed by atoms with Crippen LogP contribution in [-0.4, -0.2) is 19.6 Å². The van der Waals surface area contributed by atoms with E-state index >= 15 is 0 Å². The molecular weight excluding hydrogens is 244 g/mol. The molecule has 94 valence electrons. The van der Waals surface area contributed by atoms with E-state index in [-0.39, 0.29) is 11.4 Å². The molecule has 0 bridgehead atoms. The van der Waals surface area contributed by atoms with Crippen LogP contribution in [0.1, 0.15) is 17.1 Å². The van der Waals surface area contributed by atoms with Gasteiger partial charge in [0.1, 0.15) is 29.0 Å². The van der Waals surface area contributed by atoms with E-state index in [1.54, 1.807) is 13.0 Å². The van der Waals surface area contributed by atoms with Crippen LogP contribution >= 0.6 is 0 Å². The Labute approximate surface area is 108 Å². The summed E-state index contributed by atoms with van der Waals surface area (Å²) in [5, 5.41) is 13.3. The van der Waals surface area contributed by atoms with Crippen molar-refractivity contribution in [2.24, 2.45) is 0 Å². The van der Waals surface area contributed by atoms with E-state index in [0.717, 1.165) is 5.76 Å². The van der Waals surface area contributed by atoms with Gasteiger partial charge in [0.25, 0.3) is 0 Å². The van der Waals surface area contributed by atoms with E-state index in [2.05, 4.69) is 15.1 Å². The largest absolute Gasteiger partial charge is 0.458 e. The fourth-order valence-corrected chi connectivity index (χ4v) is 1.88. The van der Waals surface area contributed by atoms with Crippen LogP contribution in [0.5, 0.6) is 0 Å². The van der Waals surface area contributed by atoms with E-state index < -0.39 is 0 Å². The minimum atomic E-state index is 0.117. The number of hydrogen-bond donors (Lipinski definition) is 1. The Kier molecular flexibility index (Phi) is 2.25. The number of anilines is 1. The highest BCUT2D eigenvalue weighted by atomic mass is 16.3. The van der Waals surface area contributed by atoms with Gasteiger partial charge in [-0.25, -0.2) is 9.97 Å². The van der Waals surface area contributed by atoms with Gasteiger partial charge < -0.3 is 10.2 Å². The standard InChI is InChI=1S/C12H10N6O/c1-6-3-4-9(19-6)12-16-10(14)8(5-13)11-15-7(2)17-18(11)12/h3-4H,14H2,1-2H3. The third-order valence-electron chi connectivity index (χ3n) is 2.69. The predicted octanol–water partition coefficient (Wildman–Crippen LogP) is 1.46. The Morgan fingerprint density at radius 2 is 2.11 bits per heavy atom. The number of aryl methyl sites for hydroxylation is 2. The van der Waals surface area contributed by atoms with Gasteiger partial charge in [-0.1, -0.05) is 0 Å². The minimum Gasteiger partial charge on any atom is -0.458 e. The summed E-state index contributed by atoms with van der Waals surface area (Å²) in [4.78, 5) is 8.40. The van der Waals surface area contributed by atoms with Gasteiger partial charge in [0.2, 0.25) is 5.82 Å². The fraction of sp³-hybridized carbons (Fsp3) is 0.167. The van der Waals surface area contributed by atoms with Crippen molar-refractivity contribution in [2.75, 3.05) is 5.73 Å². The van der Waals surface area contributed by atoms with Gasteiger partial charge >= 0.3 is 0 Å². The van der Waals surface area contributed by atoms with Crippen molar-refractivity contribution in [3.8, 4) is 17.7 Å². The first-order valence-electron chi connectivity index (χ1n) is 5.60. The van der Waals surface area contributed by atoms with E-state index in [0.29, 0.717) is 23.1 Å². The highest BCUT2D eigenvalue weighted by Crippen LogP contribution is 2.24. The Bertz CT molecular complexity index is 823. The SMILES string of the molecule is Cc1nc2c(C#N)c(N)nc(-c3ccc(C)o3)n2n1. The molecule has 3 aromatic rings. The highest BCUT2D eigenvalue weighted by molar-refractivity contribution is 5.69. The lowest BCUT2D eigenvalue weighted by Crippen LogP contribution is -2.05. The van der Waals surface area contributed by atoms with Crippen molar-refractivity contribution >= 4 is 11.5 Å². The van der Waals surface area contributed by atoms with E-state index in [1.807, 2.05) is 19.1 Å². The van der Waals surface area contributed by atoms with Crippen LogP contribution in [0.15, 0.2) is 16.5 Å². The molecule has 2 N–H and O–H groups in total. The summed E-state index contributed by atoms with van der Waals surface area (Å²) in [7, 11) is 0. The second kappa shape index (κ2) is 3.81. The van der Waals surface area contributed by atoms with Gasteiger partial charge in [-0.2, -0.15) is 9.78 Å². The lowest BCUT2D eigenvalue weighted by molar-refractivity contribution is 0.541. The van der Waals surface area contributed by atoms with Gasteiger partial charge in [-0.3, -0.25) is 0 Å². The number of nitrogen functional groups attached to an aromatic ring is 1. The first kappa shape index (κ1) is 11.2. The maximum atomic E-state index is 9.12. The molecule has 0 aliphatic heterocycles. The van der Waals surface area contributed by atoms with Crippen molar-refractivity contribution < 1.29 is 4.42 Å². The molecule has 0 aliphatic rings. The summed E-state index contributed by atoms with van der Waals surface area (Å²) in [6, 6.07) is 5.59. The van der Waals surface area contributed by atoms with Crippen molar-refractivity contribution in [3.05, 3.63) is 29.3 Å². The van der Waals surface area contributed by atoms with Crippen LogP contribution in [0.2, 0.25) is 0 Å². The topological polar surface area (TPSA) is 106 Å². The van der Waals surface area contributed by atoms with Crippen molar-refractivity contribution in [1.29, 1.82) is 5.26 Å². The number of nitriles is 1. The molecule has 3 heterocycles. The second-order valence-electron chi connectivity index (χ2n) is 4.11. The number of nitrogens with zero attached hydrogens (tertiary/aromatic N) is 5. The number of hydrogen-bond acceptors (Lipinski definition) is 6. The number of nitrogens with two attached hydrogens (primary N) is 1. The molecule has 3 aromatic heterocycles. The maximum Gasteiger partial charge on any atom is 0.201 e. The number of furan rings is 1.